The van der Waals surface area contributed by atoms with E-state index in [4.69, 9.17) is 5.73 Å². The quantitative estimate of drug-likeness (QED) is 0.733. The van der Waals surface area contributed by atoms with Crippen LogP contribution in [0.5, 0.6) is 0 Å². The van der Waals surface area contributed by atoms with Crippen molar-refractivity contribution in [2.75, 3.05) is 0 Å². The number of nitrogens with zero attached hydrogens (tertiary/aromatic N) is 1. The highest BCUT2D eigenvalue weighted by Gasteiger charge is 2.37. The molecule has 82 valence electrons. The number of hydrogen-bond acceptors (Lipinski definition) is 2. The minimum atomic E-state index is 0.477. The van der Waals surface area contributed by atoms with E-state index < -0.39 is 0 Å². The molecule has 2 nitrogen and oxygen atoms in total. The van der Waals surface area contributed by atoms with Crippen molar-refractivity contribution in [2.24, 2.45) is 5.73 Å². The molecule has 1 aliphatic carbocycles. The first-order valence-electron chi connectivity index (χ1n) is 6.25. The lowest BCUT2D eigenvalue weighted by Gasteiger charge is -2.33. The van der Waals surface area contributed by atoms with E-state index in [2.05, 4.69) is 18.7 Å². The van der Waals surface area contributed by atoms with E-state index >= 15 is 0 Å². The Labute approximate surface area is 87.8 Å². The molecule has 0 aromatic heterocycles. The highest BCUT2D eigenvalue weighted by molar-refractivity contribution is 4.93. The average molecular weight is 196 g/mol. The normalized spacial score (nSPS) is 44.8. The van der Waals surface area contributed by atoms with Crippen LogP contribution in [-0.4, -0.2) is 29.1 Å². The highest BCUT2D eigenvalue weighted by Crippen LogP contribution is 2.34. The molecule has 0 aromatic carbocycles. The topological polar surface area (TPSA) is 29.3 Å². The van der Waals surface area contributed by atoms with Crippen LogP contribution in [0, 0.1) is 0 Å². The van der Waals surface area contributed by atoms with Crippen LogP contribution in [0.25, 0.3) is 0 Å². The molecule has 2 fully saturated rings. The smallest absolute Gasteiger partial charge is 0.0116 e. The summed E-state index contributed by atoms with van der Waals surface area (Å²) in [5.41, 5.74) is 6.00. The van der Waals surface area contributed by atoms with Crippen LogP contribution in [0.4, 0.5) is 0 Å². The van der Waals surface area contributed by atoms with E-state index in [1.54, 1.807) is 0 Å². The fourth-order valence-corrected chi connectivity index (χ4v) is 3.43. The summed E-state index contributed by atoms with van der Waals surface area (Å²) in [6, 6.07) is 2.92. The molecular formula is C12H24N2. The van der Waals surface area contributed by atoms with E-state index in [0.717, 1.165) is 18.1 Å². The van der Waals surface area contributed by atoms with Gasteiger partial charge in [-0.1, -0.05) is 6.92 Å². The molecule has 2 aliphatic rings. The van der Waals surface area contributed by atoms with E-state index in [9.17, 15) is 0 Å². The Morgan fingerprint density at radius 3 is 2.57 bits per heavy atom. The van der Waals surface area contributed by atoms with Crippen LogP contribution >= 0.6 is 0 Å². The molecule has 1 aliphatic heterocycles. The van der Waals surface area contributed by atoms with Crippen molar-refractivity contribution in [1.82, 2.24) is 4.90 Å². The van der Waals surface area contributed by atoms with Crippen molar-refractivity contribution in [1.29, 1.82) is 0 Å². The first kappa shape index (κ1) is 10.4. The Balaban J connectivity index is 2.00. The number of hydrogen-bond donors (Lipinski definition) is 1. The van der Waals surface area contributed by atoms with Gasteiger partial charge in [0.05, 0.1) is 0 Å². The summed E-state index contributed by atoms with van der Waals surface area (Å²) in [7, 11) is 0. The minimum absolute atomic E-state index is 0.477. The summed E-state index contributed by atoms with van der Waals surface area (Å²) in [5, 5.41) is 0. The third-order valence-electron chi connectivity index (χ3n) is 4.19. The largest absolute Gasteiger partial charge is 0.328 e. The fraction of sp³-hybridized carbons (Fsp3) is 1.00. The van der Waals surface area contributed by atoms with Gasteiger partial charge in [-0.3, -0.25) is 4.90 Å². The molecule has 14 heavy (non-hydrogen) atoms. The van der Waals surface area contributed by atoms with Gasteiger partial charge in [-0.2, -0.15) is 0 Å². The average Bonchev–Trinajstić information content (AvgIpc) is 2.71. The van der Waals surface area contributed by atoms with Crippen molar-refractivity contribution in [3.8, 4) is 0 Å². The zero-order valence-electron chi connectivity index (χ0n) is 9.58. The monoisotopic (exact) mass is 196 g/mol. The van der Waals surface area contributed by atoms with Gasteiger partial charge >= 0.3 is 0 Å². The summed E-state index contributed by atoms with van der Waals surface area (Å²) < 4.78 is 0. The predicted octanol–water partition coefficient (Wildman–Crippen LogP) is 2.13. The van der Waals surface area contributed by atoms with Crippen LogP contribution < -0.4 is 5.73 Å². The second-order valence-electron chi connectivity index (χ2n) is 5.16. The Morgan fingerprint density at radius 2 is 2.00 bits per heavy atom. The third-order valence-corrected chi connectivity index (χ3v) is 4.19. The van der Waals surface area contributed by atoms with Gasteiger partial charge in [0.2, 0.25) is 0 Å². The summed E-state index contributed by atoms with van der Waals surface area (Å²) in [4.78, 5) is 2.77. The predicted molar refractivity (Wildman–Crippen MR) is 60.2 cm³/mol. The maximum absolute atomic E-state index is 6.00. The van der Waals surface area contributed by atoms with Gasteiger partial charge in [0.1, 0.15) is 0 Å². The van der Waals surface area contributed by atoms with Crippen molar-refractivity contribution >= 4 is 0 Å². The second-order valence-corrected chi connectivity index (χ2v) is 5.16. The zero-order valence-corrected chi connectivity index (χ0v) is 9.58. The van der Waals surface area contributed by atoms with Crippen molar-refractivity contribution in [3.05, 3.63) is 0 Å². The lowest BCUT2D eigenvalue weighted by Crippen LogP contribution is -2.42. The lowest BCUT2D eigenvalue weighted by atomic mass is 10.1. The molecule has 2 rings (SSSR count). The summed E-state index contributed by atoms with van der Waals surface area (Å²) in [5.74, 6) is 0. The summed E-state index contributed by atoms with van der Waals surface area (Å²) in [6.45, 7) is 4.71. The molecule has 4 atom stereocenters. The molecule has 4 unspecified atom stereocenters. The standard InChI is InChI=1S/C12H24N2/c1-3-11-6-4-9(2)14(11)12-7-5-10(13)8-12/h9-12H,3-8,13H2,1-2H3. The first-order valence-corrected chi connectivity index (χ1v) is 6.25. The molecule has 0 radical (unpaired) electrons. The molecule has 2 N–H and O–H groups in total. The van der Waals surface area contributed by atoms with Gasteiger partial charge in [-0.25, -0.2) is 0 Å². The summed E-state index contributed by atoms with van der Waals surface area (Å²) in [6.07, 6.45) is 7.93. The molecule has 1 saturated heterocycles. The Bertz CT molecular complexity index is 193. The van der Waals surface area contributed by atoms with Gasteiger partial charge in [-0.05, 0) is 45.4 Å². The van der Waals surface area contributed by atoms with E-state index in [0.29, 0.717) is 6.04 Å². The molecule has 0 amide bonds. The Kier molecular flexibility index (Phi) is 3.13. The Morgan fingerprint density at radius 1 is 1.21 bits per heavy atom. The van der Waals surface area contributed by atoms with Gasteiger partial charge < -0.3 is 5.73 Å². The van der Waals surface area contributed by atoms with Gasteiger partial charge in [0.15, 0.2) is 0 Å². The molecule has 0 aromatic rings. The van der Waals surface area contributed by atoms with Gasteiger partial charge in [0, 0.05) is 24.2 Å². The zero-order chi connectivity index (χ0) is 10.1. The van der Waals surface area contributed by atoms with E-state index in [-0.39, 0.29) is 0 Å². The van der Waals surface area contributed by atoms with Crippen LogP contribution in [0.1, 0.15) is 52.4 Å². The molecule has 1 heterocycles. The number of likely N-dealkylation sites (tertiary alicyclic amines) is 1. The third kappa shape index (κ3) is 1.82. The molecule has 1 saturated carbocycles. The molecular weight excluding hydrogens is 172 g/mol. The fourth-order valence-electron chi connectivity index (χ4n) is 3.43. The maximum atomic E-state index is 6.00. The van der Waals surface area contributed by atoms with Crippen LogP contribution in [0.2, 0.25) is 0 Å². The maximum Gasteiger partial charge on any atom is 0.0116 e. The Hall–Kier alpha value is -0.0800. The number of nitrogens with two attached hydrogens (primary N) is 1. The van der Waals surface area contributed by atoms with Gasteiger partial charge in [0.25, 0.3) is 0 Å². The first-order chi connectivity index (χ1) is 6.72. The number of rotatable bonds is 2. The lowest BCUT2D eigenvalue weighted by molar-refractivity contribution is 0.134. The molecule has 2 heteroatoms. The van der Waals surface area contributed by atoms with E-state index in [1.165, 1.54) is 38.5 Å². The second kappa shape index (κ2) is 4.19. The van der Waals surface area contributed by atoms with Crippen molar-refractivity contribution < 1.29 is 0 Å². The van der Waals surface area contributed by atoms with Crippen molar-refractivity contribution in [2.45, 2.75) is 76.5 Å². The minimum Gasteiger partial charge on any atom is -0.328 e. The molecule has 0 spiro atoms. The van der Waals surface area contributed by atoms with Crippen LogP contribution in [-0.2, 0) is 0 Å². The van der Waals surface area contributed by atoms with Crippen molar-refractivity contribution in [3.63, 3.8) is 0 Å². The van der Waals surface area contributed by atoms with Crippen LogP contribution in [0.3, 0.4) is 0 Å². The highest BCUT2D eigenvalue weighted by atomic mass is 15.2. The summed E-state index contributed by atoms with van der Waals surface area (Å²) >= 11 is 0. The van der Waals surface area contributed by atoms with E-state index in [1.807, 2.05) is 0 Å². The van der Waals surface area contributed by atoms with Crippen LogP contribution in [0.15, 0.2) is 0 Å². The molecule has 0 bridgehead atoms. The SMILES string of the molecule is CCC1CCC(C)N1C1CCC(N)C1. The van der Waals surface area contributed by atoms with Gasteiger partial charge in [-0.15, -0.1) is 0 Å².